The molecular weight excluding hydrogens is 320 g/mol. The van der Waals surface area contributed by atoms with Gasteiger partial charge in [0.05, 0.1) is 0 Å². The lowest BCUT2D eigenvalue weighted by Gasteiger charge is -2.08. The molecular formula is C12H17FINO. The Morgan fingerprint density at radius 1 is 1.25 bits per heavy atom. The van der Waals surface area contributed by atoms with Crippen LogP contribution >= 0.6 is 24.0 Å². The maximum atomic E-state index is 12.6. The van der Waals surface area contributed by atoms with E-state index in [0.29, 0.717) is 12.0 Å². The molecule has 0 atom stereocenters. The topological polar surface area (TPSA) is 20.3 Å². The van der Waals surface area contributed by atoms with Crippen molar-refractivity contribution < 1.29 is 9.18 Å². The van der Waals surface area contributed by atoms with Crippen LogP contribution in [0.2, 0.25) is 0 Å². The molecule has 0 unspecified atom stereocenters. The van der Waals surface area contributed by atoms with E-state index >= 15 is 0 Å². The van der Waals surface area contributed by atoms with Gasteiger partial charge < -0.3 is 4.90 Å². The molecule has 1 aromatic carbocycles. The van der Waals surface area contributed by atoms with E-state index in [1.165, 1.54) is 24.3 Å². The van der Waals surface area contributed by atoms with Crippen molar-refractivity contribution in [1.29, 1.82) is 0 Å². The minimum Gasteiger partial charge on any atom is -0.309 e. The third-order valence-corrected chi connectivity index (χ3v) is 2.18. The highest BCUT2D eigenvalue weighted by molar-refractivity contribution is 14.0. The van der Waals surface area contributed by atoms with Gasteiger partial charge in [0.15, 0.2) is 5.78 Å². The van der Waals surface area contributed by atoms with E-state index < -0.39 is 0 Å². The number of benzene rings is 1. The van der Waals surface area contributed by atoms with Crippen molar-refractivity contribution in [2.75, 3.05) is 20.6 Å². The molecule has 2 nitrogen and oxygen atoms in total. The van der Waals surface area contributed by atoms with E-state index in [-0.39, 0.29) is 35.6 Å². The Kier molecular flexibility index (Phi) is 7.49. The van der Waals surface area contributed by atoms with Crippen LogP contribution in [-0.4, -0.2) is 31.3 Å². The fourth-order valence-corrected chi connectivity index (χ4v) is 1.34. The lowest BCUT2D eigenvalue weighted by atomic mass is 10.1. The van der Waals surface area contributed by atoms with Crippen LogP contribution in [0.5, 0.6) is 0 Å². The summed E-state index contributed by atoms with van der Waals surface area (Å²) in [6, 6.07) is 5.71. The average Bonchev–Trinajstić information content (AvgIpc) is 2.18. The number of Topliss-reactive ketones (excluding diaryl/α,β-unsaturated/α-hetero) is 1. The highest BCUT2D eigenvalue weighted by atomic mass is 127. The second kappa shape index (κ2) is 7.73. The number of hydrogen-bond acceptors (Lipinski definition) is 2. The Morgan fingerprint density at radius 3 is 2.31 bits per heavy atom. The Hall–Kier alpha value is -0.490. The standard InChI is InChI=1S/C12H16FNO.HI/c1-14(2)9-3-4-12(15)10-5-7-11(13)8-6-10;/h5-8H,3-4,9H2,1-2H3;1H. The number of carbonyl (C=O) groups excluding carboxylic acids is 1. The first kappa shape index (κ1) is 15.5. The van der Waals surface area contributed by atoms with Gasteiger partial charge in [0.1, 0.15) is 5.82 Å². The predicted octanol–water partition coefficient (Wildman–Crippen LogP) is 2.97. The molecule has 0 saturated carbocycles. The highest BCUT2D eigenvalue weighted by Crippen LogP contribution is 2.07. The molecule has 0 aromatic heterocycles. The van der Waals surface area contributed by atoms with Crippen LogP contribution in [0.1, 0.15) is 23.2 Å². The molecule has 0 fully saturated rings. The van der Waals surface area contributed by atoms with E-state index in [1.807, 2.05) is 19.0 Å². The zero-order valence-corrected chi connectivity index (χ0v) is 11.9. The molecule has 1 aromatic rings. The fourth-order valence-electron chi connectivity index (χ4n) is 1.34. The van der Waals surface area contributed by atoms with Crippen molar-refractivity contribution >= 4 is 29.8 Å². The van der Waals surface area contributed by atoms with Gasteiger partial charge in [-0.2, -0.15) is 0 Å². The van der Waals surface area contributed by atoms with Gasteiger partial charge in [-0.3, -0.25) is 4.79 Å². The lowest BCUT2D eigenvalue weighted by Crippen LogP contribution is -2.14. The zero-order chi connectivity index (χ0) is 11.3. The van der Waals surface area contributed by atoms with Gasteiger partial charge in [-0.15, -0.1) is 24.0 Å². The molecule has 4 heteroatoms. The molecule has 0 amide bonds. The van der Waals surface area contributed by atoms with Crippen molar-refractivity contribution in [2.45, 2.75) is 12.8 Å². The average molecular weight is 337 g/mol. The molecule has 0 bridgehead atoms. The van der Waals surface area contributed by atoms with Gasteiger partial charge in [-0.05, 0) is 51.3 Å². The van der Waals surface area contributed by atoms with E-state index in [9.17, 15) is 9.18 Å². The van der Waals surface area contributed by atoms with Gasteiger partial charge >= 0.3 is 0 Å². The fraction of sp³-hybridized carbons (Fsp3) is 0.417. The molecule has 0 spiro atoms. The van der Waals surface area contributed by atoms with Crippen LogP contribution in [0, 0.1) is 5.82 Å². The van der Waals surface area contributed by atoms with Gasteiger partial charge in [0.25, 0.3) is 0 Å². The third-order valence-electron chi connectivity index (χ3n) is 2.18. The number of carbonyl (C=O) groups is 1. The van der Waals surface area contributed by atoms with Crippen LogP contribution < -0.4 is 0 Å². The van der Waals surface area contributed by atoms with Gasteiger partial charge in [0, 0.05) is 12.0 Å². The largest absolute Gasteiger partial charge is 0.309 e. The first-order valence-corrected chi connectivity index (χ1v) is 5.03. The number of nitrogens with zero attached hydrogens (tertiary/aromatic N) is 1. The molecule has 0 saturated heterocycles. The number of ketones is 1. The molecule has 90 valence electrons. The molecule has 0 radical (unpaired) electrons. The second-order valence-electron chi connectivity index (χ2n) is 3.84. The summed E-state index contributed by atoms with van der Waals surface area (Å²) < 4.78 is 12.6. The van der Waals surface area contributed by atoms with E-state index in [2.05, 4.69) is 0 Å². The Labute approximate surface area is 113 Å². The number of halogens is 2. The maximum Gasteiger partial charge on any atom is 0.162 e. The molecule has 0 aliphatic rings. The molecule has 0 N–H and O–H groups in total. The summed E-state index contributed by atoms with van der Waals surface area (Å²) in [6.07, 6.45) is 1.35. The number of hydrogen-bond donors (Lipinski definition) is 0. The van der Waals surface area contributed by atoms with Crippen LogP contribution in [0.25, 0.3) is 0 Å². The Bertz CT molecular complexity index is 324. The van der Waals surface area contributed by atoms with E-state index in [0.717, 1.165) is 13.0 Å². The van der Waals surface area contributed by atoms with Crippen LogP contribution in [0.15, 0.2) is 24.3 Å². The van der Waals surface area contributed by atoms with Crippen LogP contribution in [0.4, 0.5) is 4.39 Å². The third kappa shape index (κ3) is 5.55. The monoisotopic (exact) mass is 337 g/mol. The zero-order valence-electron chi connectivity index (χ0n) is 9.57. The summed E-state index contributed by atoms with van der Waals surface area (Å²) in [5.41, 5.74) is 0.593. The van der Waals surface area contributed by atoms with E-state index in [4.69, 9.17) is 0 Å². The van der Waals surface area contributed by atoms with Crippen molar-refractivity contribution in [3.05, 3.63) is 35.6 Å². The van der Waals surface area contributed by atoms with Gasteiger partial charge in [-0.25, -0.2) is 4.39 Å². The van der Waals surface area contributed by atoms with Crippen molar-refractivity contribution in [1.82, 2.24) is 4.90 Å². The van der Waals surface area contributed by atoms with Gasteiger partial charge in [-0.1, -0.05) is 0 Å². The highest BCUT2D eigenvalue weighted by Gasteiger charge is 2.05. The minimum atomic E-state index is -0.306. The summed E-state index contributed by atoms with van der Waals surface area (Å²) in [7, 11) is 3.95. The Morgan fingerprint density at radius 2 is 1.81 bits per heavy atom. The summed E-state index contributed by atoms with van der Waals surface area (Å²) in [5, 5.41) is 0. The van der Waals surface area contributed by atoms with Crippen LogP contribution in [-0.2, 0) is 0 Å². The van der Waals surface area contributed by atoms with Crippen molar-refractivity contribution in [3.63, 3.8) is 0 Å². The smallest absolute Gasteiger partial charge is 0.162 e. The minimum absolute atomic E-state index is 0. The normalized spacial score (nSPS) is 10.0. The first-order valence-electron chi connectivity index (χ1n) is 5.03. The summed E-state index contributed by atoms with van der Waals surface area (Å²) >= 11 is 0. The Balaban J connectivity index is 0.00000225. The second-order valence-corrected chi connectivity index (χ2v) is 3.84. The maximum absolute atomic E-state index is 12.6. The van der Waals surface area contributed by atoms with Crippen molar-refractivity contribution in [3.8, 4) is 0 Å². The summed E-state index contributed by atoms with van der Waals surface area (Å²) in [4.78, 5) is 13.6. The van der Waals surface area contributed by atoms with E-state index in [1.54, 1.807) is 0 Å². The van der Waals surface area contributed by atoms with Crippen LogP contribution in [0.3, 0.4) is 0 Å². The van der Waals surface area contributed by atoms with Gasteiger partial charge in [0.2, 0.25) is 0 Å². The SMILES string of the molecule is CN(C)CCCC(=O)c1ccc(F)cc1.I. The first-order chi connectivity index (χ1) is 7.09. The molecule has 0 aliphatic heterocycles. The summed E-state index contributed by atoms with van der Waals surface area (Å²) in [5.74, 6) is -0.225. The molecule has 16 heavy (non-hydrogen) atoms. The molecule has 1 rings (SSSR count). The summed E-state index contributed by atoms with van der Waals surface area (Å²) in [6.45, 7) is 0.896. The lowest BCUT2D eigenvalue weighted by molar-refractivity contribution is 0.0977. The molecule has 0 aliphatic carbocycles. The quantitative estimate of drug-likeness (QED) is 0.608. The molecule has 0 heterocycles. The van der Waals surface area contributed by atoms with Crippen molar-refractivity contribution in [2.24, 2.45) is 0 Å². The number of rotatable bonds is 5. The predicted molar refractivity (Wildman–Crippen MR) is 73.9 cm³/mol.